The number of nitrogens with zero attached hydrogens (tertiary/aromatic N) is 3. The summed E-state index contributed by atoms with van der Waals surface area (Å²) in [4.78, 5) is 27.9. The van der Waals surface area contributed by atoms with Gasteiger partial charge < -0.3 is 5.73 Å². The molecule has 1 aromatic carbocycles. The Morgan fingerprint density at radius 2 is 2.00 bits per heavy atom. The van der Waals surface area contributed by atoms with E-state index in [0.29, 0.717) is 37.5 Å². The Morgan fingerprint density at radius 3 is 2.52 bits per heavy atom. The second kappa shape index (κ2) is 5.96. The lowest BCUT2D eigenvalue weighted by Gasteiger charge is -2.12. The van der Waals surface area contributed by atoms with E-state index in [1.807, 2.05) is 6.07 Å². The molecule has 0 atom stereocenters. The highest BCUT2D eigenvalue weighted by Gasteiger charge is 2.23. The number of non-ortho nitro benzene ring substituents is 1. The van der Waals surface area contributed by atoms with Crippen LogP contribution in [0.2, 0.25) is 0 Å². The Balaban J connectivity index is 2.43. The third kappa shape index (κ3) is 2.60. The number of nitrogens with two attached hydrogens (primary N) is 1. The van der Waals surface area contributed by atoms with Crippen molar-refractivity contribution < 1.29 is 9.72 Å². The monoisotopic (exact) mass is 352 g/mol. The first-order chi connectivity index (χ1) is 11.8. The highest BCUT2D eigenvalue weighted by atomic mass is 32.1. The Kier molecular flexibility index (Phi) is 3.94. The second-order valence-electron chi connectivity index (χ2n) is 5.44. The molecule has 3 rings (SSSR count). The molecule has 3 aromatic rings. The third-order valence-electron chi connectivity index (χ3n) is 3.88. The average molecular weight is 352 g/mol. The number of carbonyl (C=O) groups is 1. The number of anilines is 1. The fraction of sp³-hybridized carbons (Fsp3) is 0.118. The number of carbonyl (C=O) groups excluding carboxylic acids is 1. The number of pyridine rings is 1. The van der Waals surface area contributed by atoms with Crippen molar-refractivity contribution in [1.82, 2.24) is 4.98 Å². The van der Waals surface area contributed by atoms with Crippen LogP contribution in [-0.2, 0) is 0 Å². The van der Waals surface area contributed by atoms with E-state index in [2.05, 4.69) is 4.98 Å². The van der Waals surface area contributed by atoms with Crippen LogP contribution in [0.1, 0.15) is 27.9 Å². The summed E-state index contributed by atoms with van der Waals surface area (Å²) < 4.78 is 0. The minimum atomic E-state index is -0.490. The largest absolute Gasteiger partial charge is 0.396 e. The molecule has 0 saturated heterocycles. The molecule has 0 unspecified atom stereocenters. The number of nitriles is 1. The zero-order valence-electron chi connectivity index (χ0n) is 13.4. The molecule has 25 heavy (non-hydrogen) atoms. The van der Waals surface area contributed by atoms with E-state index in [0.717, 1.165) is 11.3 Å². The van der Waals surface area contributed by atoms with Crippen molar-refractivity contribution in [2.75, 3.05) is 5.73 Å². The van der Waals surface area contributed by atoms with Crippen molar-refractivity contribution in [2.45, 2.75) is 13.8 Å². The summed E-state index contributed by atoms with van der Waals surface area (Å²) in [6.45, 7) is 3.14. The highest BCUT2D eigenvalue weighted by Crippen LogP contribution is 2.42. The number of nitrogen functional groups attached to an aromatic ring is 1. The van der Waals surface area contributed by atoms with Gasteiger partial charge in [0.25, 0.3) is 5.69 Å². The van der Waals surface area contributed by atoms with Crippen molar-refractivity contribution >= 4 is 38.7 Å². The van der Waals surface area contributed by atoms with Gasteiger partial charge in [-0.3, -0.25) is 14.9 Å². The minimum Gasteiger partial charge on any atom is -0.396 e. The number of hydrogen-bond acceptors (Lipinski definition) is 7. The zero-order chi connectivity index (χ0) is 18.3. The molecule has 0 saturated carbocycles. The van der Waals surface area contributed by atoms with Crippen molar-refractivity contribution in [1.29, 1.82) is 5.26 Å². The summed E-state index contributed by atoms with van der Waals surface area (Å²) >= 11 is 1.16. The minimum absolute atomic E-state index is 0.0499. The van der Waals surface area contributed by atoms with Gasteiger partial charge in [-0.2, -0.15) is 5.26 Å². The van der Waals surface area contributed by atoms with Crippen LogP contribution in [-0.4, -0.2) is 15.7 Å². The maximum Gasteiger partial charge on any atom is 0.269 e. The summed E-state index contributed by atoms with van der Waals surface area (Å²) in [6, 6.07) is 7.92. The molecule has 0 radical (unpaired) electrons. The molecule has 7 nitrogen and oxygen atoms in total. The molecule has 0 aliphatic heterocycles. The van der Waals surface area contributed by atoms with Crippen LogP contribution >= 0.6 is 11.3 Å². The predicted molar refractivity (Wildman–Crippen MR) is 95.6 cm³/mol. The first kappa shape index (κ1) is 16.5. The molecule has 8 heteroatoms. The lowest BCUT2D eigenvalue weighted by molar-refractivity contribution is -0.384. The van der Waals surface area contributed by atoms with Gasteiger partial charge in [0.15, 0.2) is 5.78 Å². The van der Waals surface area contributed by atoms with Crippen LogP contribution in [0.4, 0.5) is 11.4 Å². The van der Waals surface area contributed by atoms with Gasteiger partial charge in [0, 0.05) is 28.6 Å². The fourth-order valence-electron chi connectivity index (χ4n) is 2.82. The molecule has 0 aliphatic carbocycles. The summed E-state index contributed by atoms with van der Waals surface area (Å²) in [5.41, 5.74) is 8.43. The molecule has 124 valence electrons. The van der Waals surface area contributed by atoms with E-state index in [9.17, 15) is 20.2 Å². The van der Waals surface area contributed by atoms with Crippen molar-refractivity contribution in [3.63, 3.8) is 0 Å². The van der Waals surface area contributed by atoms with Crippen LogP contribution in [0.15, 0.2) is 24.3 Å². The number of nitro benzene ring substituents is 1. The number of Topliss-reactive ketones (excluding diaryl/α,β-unsaturated/α-hetero) is 1. The van der Waals surface area contributed by atoms with E-state index in [1.165, 1.54) is 19.1 Å². The van der Waals surface area contributed by atoms with Crippen LogP contribution < -0.4 is 5.73 Å². The molecule has 2 N–H and O–H groups in total. The fourth-order valence-corrected chi connectivity index (χ4v) is 3.77. The molecule has 0 bridgehead atoms. The summed E-state index contributed by atoms with van der Waals surface area (Å²) in [5, 5.41) is 20.6. The number of hydrogen-bond donors (Lipinski definition) is 1. The number of aromatic nitrogens is 1. The summed E-state index contributed by atoms with van der Waals surface area (Å²) in [6.07, 6.45) is 0. The molecule has 2 aromatic heterocycles. The number of rotatable bonds is 3. The third-order valence-corrected chi connectivity index (χ3v) is 4.88. The molecular formula is C17H12N4O3S. The van der Waals surface area contributed by atoms with Crippen LogP contribution in [0.25, 0.3) is 21.3 Å². The van der Waals surface area contributed by atoms with Crippen molar-refractivity contribution in [2.24, 2.45) is 0 Å². The van der Waals surface area contributed by atoms with Gasteiger partial charge in [-0.05, 0) is 31.5 Å². The number of thiophene rings is 1. The van der Waals surface area contributed by atoms with Gasteiger partial charge in [0.05, 0.1) is 16.3 Å². The van der Waals surface area contributed by atoms with Gasteiger partial charge in [-0.1, -0.05) is 0 Å². The van der Waals surface area contributed by atoms with Gasteiger partial charge in [0.1, 0.15) is 15.8 Å². The van der Waals surface area contributed by atoms with Gasteiger partial charge in [0.2, 0.25) is 0 Å². The zero-order valence-corrected chi connectivity index (χ0v) is 14.2. The number of fused-ring (bicyclic) bond motifs is 1. The molecule has 0 spiro atoms. The molecule has 0 aliphatic rings. The Labute approximate surface area is 146 Å². The average Bonchev–Trinajstić information content (AvgIpc) is 2.89. The summed E-state index contributed by atoms with van der Waals surface area (Å²) in [7, 11) is 0. The molecule has 2 heterocycles. The van der Waals surface area contributed by atoms with Crippen LogP contribution in [0.5, 0.6) is 0 Å². The van der Waals surface area contributed by atoms with E-state index in [-0.39, 0.29) is 17.2 Å². The molecule has 0 amide bonds. The van der Waals surface area contributed by atoms with E-state index >= 15 is 0 Å². The number of benzene rings is 1. The molecular weight excluding hydrogens is 340 g/mol. The number of ketones is 1. The van der Waals surface area contributed by atoms with Crippen molar-refractivity contribution in [3.05, 3.63) is 50.5 Å². The van der Waals surface area contributed by atoms with E-state index in [4.69, 9.17) is 5.73 Å². The van der Waals surface area contributed by atoms with E-state index < -0.39 is 4.92 Å². The van der Waals surface area contributed by atoms with Crippen LogP contribution in [0.3, 0.4) is 0 Å². The number of nitro groups is 1. The number of aryl methyl sites for hydroxylation is 1. The first-order valence-electron chi connectivity index (χ1n) is 7.23. The first-order valence-corrected chi connectivity index (χ1v) is 8.05. The van der Waals surface area contributed by atoms with Crippen molar-refractivity contribution in [3.8, 4) is 17.2 Å². The van der Waals surface area contributed by atoms with Gasteiger partial charge in [-0.15, -0.1) is 11.3 Å². The highest BCUT2D eigenvalue weighted by molar-refractivity contribution is 7.20. The smallest absolute Gasteiger partial charge is 0.269 e. The Hall–Kier alpha value is -3.31. The van der Waals surface area contributed by atoms with Gasteiger partial charge >= 0.3 is 0 Å². The Morgan fingerprint density at radius 1 is 1.36 bits per heavy atom. The maximum absolute atomic E-state index is 12.2. The Bertz CT molecular complexity index is 1080. The maximum atomic E-state index is 12.2. The lowest BCUT2D eigenvalue weighted by atomic mass is 9.93. The van der Waals surface area contributed by atoms with Gasteiger partial charge in [-0.25, -0.2) is 4.98 Å². The second-order valence-corrected chi connectivity index (χ2v) is 6.44. The SMILES string of the molecule is CC(=O)c1c(C)nc2sc(C#N)c(N)c2c1-c1ccc([N+](=O)[O-])cc1. The van der Waals surface area contributed by atoms with E-state index in [1.54, 1.807) is 19.1 Å². The summed E-state index contributed by atoms with van der Waals surface area (Å²) in [5.74, 6) is -0.190. The quantitative estimate of drug-likeness (QED) is 0.434. The lowest BCUT2D eigenvalue weighted by Crippen LogP contribution is -2.03. The molecule has 0 fully saturated rings. The topological polar surface area (TPSA) is 123 Å². The standard InChI is InChI=1S/C17H12N4O3S/c1-8-13(9(2)22)14(10-3-5-11(6-4-10)21(23)24)15-16(19)12(7-18)25-17(15)20-8/h3-6H,19H2,1-2H3. The normalized spacial score (nSPS) is 10.6. The predicted octanol–water partition coefficient (Wildman–Crippen LogP) is 3.84. The van der Waals surface area contributed by atoms with Crippen LogP contribution in [0, 0.1) is 28.4 Å².